The van der Waals surface area contributed by atoms with Crippen LogP contribution >= 0.6 is 11.3 Å². The van der Waals surface area contributed by atoms with Crippen LogP contribution in [0.1, 0.15) is 23.4 Å². The molecule has 0 fully saturated rings. The van der Waals surface area contributed by atoms with E-state index in [0.717, 1.165) is 21.3 Å². The fourth-order valence-electron chi connectivity index (χ4n) is 2.97. The zero-order valence-corrected chi connectivity index (χ0v) is 15.4. The van der Waals surface area contributed by atoms with Crippen molar-refractivity contribution in [3.63, 3.8) is 0 Å². The number of ether oxygens (including phenoxy) is 1. The van der Waals surface area contributed by atoms with E-state index in [1.54, 1.807) is 11.3 Å². The normalized spacial score (nSPS) is 14.2. The van der Waals surface area contributed by atoms with Crippen molar-refractivity contribution < 1.29 is 9.53 Å². The van der Waals surface area contributed by atoms with Crippen molar-refractivity contribution in [1.29, 1.82) is 0 Å². The van der Waals surface area contributed by atoms with Gasteiger partial charge in [-0.1, -0.05) is 30.3 Å². The van der Waals surface area contributed by atoms with Gasteiger partial charge in [0.05, 0.1) is 17.4 Å². The van der Waals surface area contributed by atoms with Crippen molar-refractivity contribution in [3.8, 4) is 17.0 Å². The third-order valence-electron chi connectivity index (χ3n) is 4.32. The molecule has 0 spiro atoms. The van der Waals surface area contributed by atoms with Gasteiger partial charge in [0.15, 0.2) is 11.7 Å². The lowest BCUT2D eigenvalue weighted by Crippen LogP contribution is -2.25. The third-order valence-corrected chi connectivity index (χ3v) is 5.22. The largest absolute Gasteiger partial charge is 0.482 e. The Labute approximate surface area is 156 Å². The highest BCUT2D eigenvalue weighted by atomic mass is 32.1. The van der Waals surface area contributed by atoms with Gasteiger partial charge in [-0.2, -0.15) is 0 Å². The lowest BCUT2D eigenvalue weighted by Gasteiger charge is -2.18. The highest BCUT2D eigenvalue weighted by molar-refractivity contribution is 7.16. The van der Waals surface area contributed by atoms with Gasteiger partial charge in [0, 0.05) is 10.4 Å². The Bertz CT molecular complexity index is 953. The van der Waals surface area contributed by atoms with Crippen molar-refractivity contribution in [2.45, 2.75) is 19.9 Å². The number of thiazole rings is 1. The van der Waals surface area contributed by atoms with Gasteiger partial charge in [-0.05, 0) is 37.6 Å². The van der Waals surface area contributed by atoms with Crippen molar-refractivity contribution in [2.24, 2.45) is 0 Å². The fourth-order valence-corrected chi connectivity index (χ4v) is 3.89. The Morgan fingerprint density at radius 1 is 1.23 bits per heavy atom. The summed E-state index contributed by atoms with van der Waals surface area (Å²) in [6.45, 7) is 4.24. The maximum atomic E-state index is 11.5. The summed E-state index contributed by atoms with van der Waals surface area (Å²) in [6.07, 6.45) is 0. The Hall–Kier alpha value is -2.86. The summed E-state index contributed by atoms with van der Waals surface area (Å²) in [5, 5.41) is 7.20. The van der Waals surface area contributed by atoms with E-state index >= 15 is 0 Å². The van der Waals surface area contributed by atoms with Gasteiger partial charge in [0.1, 0.15) is 5.75 Å². The molecule has 2 N–H and O–H groups in total. The Morgan fingerprint density at radius 3 is 2.85 bits per heavy atom. The molecule has 3 aromatic rings. The van der Waals surface area contributed by atoms with Crippen molar-refractivity contribution in [2.75, 3.05) is 17.2 Å². The molecular weight excluding hydrogens is 346 g/mol. The van der Waals surface area contributed by atoms with Crippen LogP contribution in [0.15, 0.2) is 48.5 Å². The SMILES string of the molecule is Cc1sc(NC(C)c2ccccc2)nc1-c1ccc2c(c1)NC(=O)CO2. The van der Waals surface area contributed by atoms with Gasteiger partial charge in [-0.3, -0.25) is 4.79 Å². The summed E-state index contributed by atoms with van der Waals surface area (Å²) in [5.74, 6) is 0.556. The molecule has 4 rings (SSSR count). The Balaban J connectivity index is 1.59. The molecule has 2 heterocycles. The van der Waals surface area contributed by atoms with Gasteiger partial charge in [-0.25, -0.2) is 4.98 Å². The molecule has 26 heavy (non-hydrogen) atoms. The van der Waals surface area contributed by atoms with Crippen molar-refractivity contribution >= 4 is 28.1 Å². The molecule has 132 valence electrons. The van der Waals surface area contributed by atoms with Gasteiger partial charge in [-0.15, -0.1) is 11.3 Å². The average molecular weight is 365 g/mol. The number of amides is 1. The number of carbonyl (C=O) groups is 1. The molecule has 5 nitrogen and oxygen atoms in total. The van der Waals surface area contributed by atoms with Crippen LogP contribution in [0.3, 0.4) is 0 Å². The summed E-state index contributed by atoms with van der Waals surface area (Å²) in [7, 11) is 0. The number of carbonyl (C=O) groups excluding carboxylic acids is 1. The second kappa shape index (κ2) is 6.80. The number of nitrogens with one attached hydrogen (secondary N) is 2. The number of aromatic nitrogens is 1. The van der Waals surface area contributed by atoms with E-state index in [0.29, 0.717) is 11.4 Å². The smallest absolute Gasteiger partial charge is 0.262 e. The molecule has 1 aromatic heterocycles. The van der Waals surface area contributed by atoms with Crippen LogP contribution in [-0.2, 0) is 4.79 Å². The molecule has 1 atom stereocenters. The van der Waals surface area contributed by atoms with E-state index in [4.69, 9.17) is 9.72 Å². The summed E-state index contributed by atoms with van der Waals surface area (Å²) < 4.78 is 5.42. The van der Waals surface area contributed by atoms with Crippen LogP contribution in [0.2, 0.25) is 0 Å². The molecule has 1 aliphatic rings. The monoisotopic (exact) mass is 365 g/mol. The quantitative estimate of drug-likeness (QED) is 0.708. The summed E-state index contributed by atoms with van der Waals surface area (Å²) in [4.78, 5) is 17.4. The van der Waals surface area contributed by atoms with Crippen molar-refractivity contribution in [3.05, 3.63) is 59.0 Å². The van der Waals surface area contributed by atoms with Crippen LogP contribution in [0.25, 0.3) is 11.3 Å². The van der Waals surface area contributed by atoms with E-state index in [-0.39, 0.29) is 18.6 Å². The second-order valence-corrected chi connectivity index (χ2v) is 7.45. The standard InChI is InChI=1S/C20H19N3O2S/c1-12(14-6-4-3-5-7-14)21-20-23-19(13(2)26-20)15-8-9-17-16(10-15)22-18(24)11-25-17/h3-10,12H,11H2,1-2H3,(H,21,23)(H,22,24). The molecule has 1 unspecified atom stereocenters. The molecule has 2 aromatic carbocycles. The molecule has 1 amide bonds. The summed E-state index contributed by atoms with van der Waals surface area (Å²) in [5.41, 5.74) is 3.79. The molecule has 6 heteroatoms. The van der Waals surface area contributed by atoms with Crippen LogP contribution in [0.4, 0.5) is 10.8 Å². The van der Waals surface area contributed by atoms with Gasteiger partial charge < -0.3 is 15.4 Å². The van der Waals surface area contributed by atoms with Gasteiger partial charge >= 0.3 is 0 Å². The van der Waals surface area contributed by atoms with Gasteiger partial charge in [0.25, 0.3) is 5.91 Å². The number of benzene rings is 2. The van der Waals surface area contributed by atoms with E-state index in [2.05, 4.69) is 36.6 Å². The summed E-state index contributed by atoms with van der Waals surface area (Å²) in [6, 6.07) is 16.2. The Morgan fingerprint density at radius 2 is 2.04 bits per heavy atom. The minimum absolute atomic E-state index is 0.0630. The zero-order chi connectivity index (χ0) is 18.1. The fraction of sp³-hybridized carbons (Fsp3) is 0.200. The van der Waals surface area contributed by atoms with E-state index < -0.39 is 0 Å². The highest BCUT2D eigenvalue weighted by Crippen LogP contribution is 2.36. The number of rotatable bonds is 4. The highest BCUT2D eigenvalue weighted by Gasteiger charge is 2.18. The van der Waals surface area contributed by atoms with Crippen molar-refractivity contribution in [1.82, 2.24) is 4.98 Å². The maximum absolute atomic E-state index is 11.5. The van der Waals surface area contributed by atoms with Crippen LogP contribution in [0, 0.1) is 6.92 Å². The number of aryl methyl sites for hydroxylation is 1. The predicted molar refractivity (Wildman–Crippen MR) is 105 cm³/mol. The van der Waals surface area contributed by atoms with Crippen LogP contribution < -0.4 is 15.4 Å². The number of hydrogen-bond donors (Lipinski definition) is 2. The Kier molecular flexibility index (Phi) is 4.34. The first kappa shape index (κ1) is 16.6. The molecular formula is C20H19N3O2S. The number of nitrogens with zero attached hydrogens (tertiary/aromatic N) is 1. The van der Waals surface area contributed by atoms with Crippen LogP contribution in [-0.4, -0.2) is 17.5 Å². The number of fused-ring (bicyclic) bond motifs is 1. The van der Waals surface area contributed by atoms with E-state index in [1.807, 2.05) is 36.4 Å². The predicted octanol–water partition coefficient (Wildman–Crippen LogP) is 4.62. The first-order valence-corrected chi connectivity index (χ1v) is 9.28. The lowest BCUT2D eigenvalue weighted by molar-refractivity contribution is -0.118. The van der Waals surface area contributed by atoms with Gasteiger partial charge in [0.2, 0.25) is 0 Å². The first-order chi connectivity index (χ1) is 12.6. The first-order valence-electron chi connectivity index (χ1n) is 8.46. The number of anilines is 2. The third kappa shape index (κ3) is 3.28. The zero-order valence-electron chi connectivity index (χ0n) is 14.6. The molecule has 0 radical (unpaired) electrons. The minimum atomic E-state index is -0.135. The molecule has 0 saturated heterocycles. The molecule has 1 aliphatic heterocycles. The maximum Gasteiger partial charge on any atom is 0.262 e. The molecule has 0 saturated carbocycles. The molecule has 0 bridgehead atoms. The average Bonchev–Trinajstić information content (AvgIpc) is 3.02. The van der Waals surface area contributed by atoms with Crippen LogP contribution in [0.5, 0.6) is 5.75 Å². The second-order valence-electron chi connectivity index (χ2n) is 6.25. The molecule has 0 aliphatic carbocycles. The minimum Gasteiger partial charge on any atom is -0.482 e. The summed E-state index contributed by atoms with van der Waals surface area (Å²) >= 11 is 1.63. The lowest BCUT2D eigenvalue weighted by atomic mass is 10.1. The topological polar surface area (TPSA) is 63.2 Å². The van der Waals surface area contributed by atoms with E-state index in [1.165, 1.54) is 5.56 Å². The van der Waals surface area contributed by atoms with E-state index in [9.17, 15) is 4.79 Å². The number of hydrogen-bond acceptors (Lipinski definition) is 5.